The van der Waals surface area contributed by atoms with Crippen molar-refractivity contribution in [2.45, 2.75) is 6.92 Å². The van der Waals surface area contributed by atoms with Gasteiger partial charge < -0.3 is 4.40 Å². The van der Waals surface area contributed by atoms with Gasteiger partial charge in [-0.15, -0.1) is 0 Å². The molecule has 0 aliphatic carbocycles. The van der Waals surface area contributed by atoms with Crippen LogP contribution in [0, 0.1) is 18.6 Å². The second kappa shape index (κ2) is 4.42. The summed E-state index contributed by atoms with van der Waals surface area (Å²) in [5, 5.41) is 0. The monoisotopic (exact) mass is 322 g/mol. The highest BCUT2D eigenvalue weighted by atomic mass is 79.9. The number of pyridine rings is 1. The van der Waals surface area contributed by atoms with Crippen molar-refractivity contribution in [2.24, 2.45) is 0 Å². The molecule has 0 saturated carbocycles. The first-order valence-electron chi connectivity index (χ1n) is 5.65. The first-order valence-corrected chi connectivity index (χ1v) is 6.44. The van der Waals surface area contributed by atoms with Gasteiger partial charge in [0, 0.05) is 22.4 Å². The Bertz CT molecular complexity index is 741. The van der Waals surface area contributed by atoms with Gasteiger partial charge in [-0.3, -0.25) is 0 Å². The number of fused-ring (bicyclic) bond motifs is 1. The van der Waals surface area contributed by atoms with Crippen molar-refractivity contribution in [3.8, 4) is 11.3 Å². The number of imidazole rings is 1. The molecule has 5 heteroatoms. The van der Waals surface area contributed by atoms with E-state index in [0.29, 0.717) is 11.3 Å². The van der Waals surface area contributed by atoms with E-state index in [4.69, 9.17) is 0 Å². The topological polar surface area (TPSA) is 17.3 Å². The van der Waals surface area contributed by atoms with Crippen LogP contribution in [-0.2, 0) is 0 Å². The van der Waals surface area contributed by atoms with Crippen molar-refractivity contribution >= 4 is 21.6 Å². The Labute approximate surface area is 116 Å². The molecule has 1 aromatic carbocycles. The van der Waals surface area contributed by atoms with Crippen molar-refractivity contribution in [2.75, 3.05) is 0 Å². The Morgan fingerprint density at radius 3 is 2.74 bits per heavy atom. The SMILES string of the molecule is Cc1cc2nc(-c3cc(F)ccc3F)cn2cc1Br. The third-order valence-electron chi connectivity index (χ3n) is 2.94. The van der Waals surface area contributed by atoms with Crippen LogP contribution in [0.3, 0.4) is 0 Å². The van der Waals surface area contributed by atoms with Gasteiger partial charge in [-0.25, -0.2) is 13.8 Å². The van der Waals surface area contributed by atoms with Crippen molar-refractivity contribution in [3.05, 3.63) is 58.3 Å². The summed E-state index contributed by atoms with van der Waals surface area (Å²) in [5.74, 6) is -0.966. The lowest BCUT2D eigenvalue weighted by molar-refractivity contribution is 0.603. The van der Waals surface area contributed by atoms with Crippen LogP contribution >= 0.6 is 15.9 Å². The van der Waals surface area contributed by atoms with E-state index in [9.17, 15) is 8.78 Å². The maximum Gasteiger partial charge on any atom is 0.137 e. The zero-order valence-electron chi connectivity index (χ0n) is 9.99. The Morgan fingerprint density at radius 2 is 1.95 bits per heavy atom. The van der Waals surface area contributed by atoms with Crippen molar-refractivity contribution in [3.63, 3.8) is 0 Å². The average molecular weight is 323 g/mol. The van der Waals surface area contributed by atoms with Gasteiger partial charge in [0.1, 0.15) is 17.3 Å². The number of aromatic nitrogens is 2. The van der Waals surface area contributed by atoms with Crippen molar-refractivity contribution in [1.29, 1.82) is 0 Å². The number of aryl methyl sites for hydroxylation is 1. The smallest absolute Gasteiger partial charge is 0.137 e. The lowest BCUT2D eigenvalue weighted by Crippen LogP contribution is -1.86. The molecule has 19 heavy (non-hydrogen) atoms. The van der Waals surface area contributed by atoms with Crippen LogP contribution in [0.5, 0.6) is 0 Å². The van der Waals surface area contributed by atoms with Crippen LogP contribution in [0.15, 0.2) is 41.1 Å². The number of nitrogens with zero attached hydrogens (tertiary/aromatic N) is 2. The van der Waals surface area contributed by atoms with Gasteiger partial charge in [-0.2, -0.15) is 0 Å². The normalized spacial score (nSPS) is 11.2. The fraction of sp³-hybridized carbons (Fsp3) is 0.0714. The van der Waals surface area contributed by atoms with Gasteiger partial charge in [0.05, 0.1) is 5.69 Å². The van der Waals surface area contributed by atoms with Crippen molar-refractivity contribution in [1.82, 2.24) is 9.38 Å². The lowest BCUT2D eigenvalue weighted by atomic mass is 10.1. The van der Waals surface area contributed by atoms with Gasteiger partial charge in [0.25, 0.3) is 0 Å². The van der Waals surface area contributed by atoms with E-state index in [1.165, 1.54) is 0 Å². The molecule has 0 N–H and O–H groups in total. The Hall–Kier alpha value is -1.75. The van der Waals surface area contributed by atoms with Crippen LogP contribution in [0.2, 0.25) is 0 Å². The second-order valence-corrected chi connectivity index (χ2v) is 5.17. The van der Waals surface area contributed by atoms with E-state index in [1.54, 1.807) is 10.6 Å². The molecule has 0 aliphatic heterocycles. The minimum Gasteiger partial charge on any atom is -0.305 e. The Morgan fingerprint density at radius 1 is 1.16 bits per heavy atom. The van der Waals surface area contributed by atoms with E-state index in [1.807, 2.05) is 19.2 Å². The molecule has 0 aliphatic rings. The summed E-state index contributed by atoms with van der Waals surface area (Å²) in [7, 11) is 0. The highest BCUT2D eigenvalue weighted by Crippen LogP contribution is 2.25. The molecule has 0 unspecified atom stereocenters. The predicted molar refractivity (Wildman–Crippen MR) is 73.0 cm³/mol. The molecule has 3 rings (SSSR count). The summed E-state index contributed by atoms with van der Waals surface area (Å²) in [6, 6.07) is 5.23. The van der Waals surface area contributed by atoms with Gasteiger partial charge in [0.15, 0.2) is 0 Å². The summed E-state index contributed by atoms with van der Waals surface area (Å²) < 4.78 is 29.6. The number of benzene rings is 1. The zero-order valence-corrected chi connectivity index (χ0v) is 11.6. The molecular weight excluding hydrogens is 314 g/mol. The molecular formula is C14H9BrF2N2. The molecule has 0 bridgehead atoms. The average Bonchev–Trinajstić information content (AvgIpc) is 2.75. The maximum atomic E-state index is 13.7. The minimum atomic E-state index is -0.486. The van der Waals surface area contributed by atoms with Crippen molar-refractivity contribution < 1.29 is 8.78 Å². The van der Waals surface area contributed by atoms with Gasteiger partial charge in [-0.05, 0) is 52.7 Å². The number of hydrogen-bond donors (Lipinski definition) is 0. The highest BCUT2D eigenvalue weighted by molar-refractivity contribution is 9.10. The second-order valence-electron chi connectivity index (χ2n) is 4.32. The van der Waals surface area contributed by atoms with Crippen LogP contribution in [0.1, 0.15) is 5.56 Å². The fourth-order valence-electron chi connectivity index (χ4n) is 1.93. The number of halogens is 3. The molecule has 0 amide bonds. The molecule has 0 spiro atoms. The zero-order chi connectivity index (χ0) is 13.6. The first-order chi connectivity index (χ1) is 9.04. The van der Waals surface area contributed by atoms with Gasteiger partial charge in [-0.1, -0.05) is 0 Å². The highest BCUT2D eigenvalue weighted by Gasteiger charge is 2.11. The molecule has 96 valence electrons. The summed E-state index contributed by atoms with van der Waals surface area (Å²) in [6.45, 7) is 1.95. The van der Waals surface area contributed by atoms with Crippen LogP contribution in [0.4, 0.5) is 8.78 Å². The molecule has 0 radical (unpaired) electrons. The maximum absolute atomic E-state index is 13.7. The van der Waals surface area contributed by atoms with E-state index in [2.05, 4.69) is 20.9 Å². The van der Waals surface area contributed by atoms with Crippen LogP contribution in [0.25, 0.3) is 16.9 Å². The molecule has 2 heterocycles. The Balaban J connectivity index is 2.23. The third-order valence-corrected chi connectivity index (χ3v) is 3.77. The summed E-state index contributed by atoms with van der Waals surface area (Å²) in [4.78, 5) is 4.32. The summed E-state index contributed by atoms with van der Waals surface area (Å²) >= 11 is 3.43. The molecule has 3 aromatic rings. The fourth-order valence-corrected chi connectivity index (χ4v) is 2.26. The molecule has 0 fully saturated rings. The van der Waals surface area contributed by atoms with Gasteiger partial charge >= 0.3 is 0 Å². The number of hydrogen-bond acceptors (Lipinski definition) is 1. The standard InChI is InChI=1S/C14H9BrF2N2/c1-8-4-14-18-13(7-19(14)6-11(8)15)10-5-9(16)2-3-12(10)17/h2-7H,1H3. The summed E-state index contributed by atoms with van der Waals surface area (Å²) in [5.41, 5.74) is 2.30. The first kappa shape index (κ1) is 12.3. The van der Waals surface area contributed by atoms with Gasteiger partial charge in [0.2, 0.25) is 0 Å². The Kier molecular flexibility index (Phi) is 2.86. The van der Waals surface area contributed by atoms with E-state index >= 15 is 0 Å². The quantitative estimate of drug-likeness (QED) is 0.651. The third kappa shape index (κ3) is 2.14. The molecule has 2 nitrogen and oxygen atoms in total. The molecule has 0 saturated heterocycles. The van der Waals surface area contributed by atoms with E-state index in [0.717, 1.165) is 28.2 Å². The number of rotatable bonds is 1. The predicted octanol–water partition coefficient (Wildman–Crippen LogP) is 4.35. The molecule has 0 atom stereocenters. The minimum absolute atomic E-state index is 0.164. The van der Waals surface area contributed by atoms with Crippen LogP contribution in [-0.4, -0.2) is 9.38 Å². The lowest BCUT2D eigenvalue weighted by Gasteiger charge is -1.98. The summed E-state index contributed by atoms with van der Waals surface area (Å²) in [6.07, 6.45) is 3.52. The largest absolute Gasteiger partial charge is 0.305 e. The van der Waals surface area contributed by atoms with E-state index < -0.39 is 11.6 Å². The van der Waals surface area contributed by atoms with E-state index in [-0.39, 0.29) is 5.56 Å². The van der Waals surface area contributed by atoms with Crippen LogP contribution < -0.4 is 0 Å². The molecule has 2 aromatic heterocycles.